The molecule has 0 saturated carbocycles. The lowest BCUT2D eigenvalue weighted by Gasteiger charge is -2.05. The number of rotatable bonds is 7. The molecule has 8 heteroatoms. The summed E-state index contributed by atoms with van der Waals surface area (Å²) in [6.45, 7) is 3.63. The molecule has 0 fully saturated rings. The van der Waals surface area contributed by atoms with Gasteiger partial charge < -0.3 is 10.1 Å². The number of carbonyl (C=O) groups is 1. The maximum absolute atomic E-state index is 11.6. The third-order valence-electron chi connectivity index (χ3n) is 2.36. The number of hydrogen-bond donors (Lipinski definition) is 1. The Balaban J connectivity index is 1.79. The molecule has 0 aliphatic heterocycles. The maximum Gasteiger partial charge on any atom is 0.360 e. The first-order chi connectivity index (χ1) is 9.31. The van der Waals surface area contributed by atoms with Crippen LogP contribution in [0.1, 0.15) is 23.8 Å². The molecule has 2 heterocycles. The summed E-state index contributed by atoms with van der Waals surface area (Å²) in [6, 6.07) is 0. The van der Waals surface area contributed by atoms with Gasteiger partial charge in [-0.05, 0) is 13.3 Å². The first kappa shape index (κ1) is 13.5. The number of thiazole rings is 1. The predicted octanol–water partition coefficient (Wildman–Crippen LogP) is 1.41. The molecule has 102 valence electrons. The normalized spacial score (nSPS) is 10.4. The fourth-order valence-corrected chi connectivity index (χ4v) is 2.21. The van der Waals surface area contributed by atoms with Crippen molar-refractivity contribution in [3.8, 4) is 0 Å². The first-order valence-electron chi connectivity index (χ1n) is 6.00. The summed E-state index contributed by atoms with van der Waals surface area (Å²) >= 11 is 1.39. The smallest absolute Gasteiger partial charge is 0.360 e. The average Bonchev–Trinajstić information content (AvgIpc) is 3.06. The van der Waals surface area contributed by atoms with Gasteiger partial charge in [-0.15, -0.1) is 16.4 Å². The summed E-state index contributed by atoms with van der Waals surface area (Å²) in [7, 11) is 0. The molecule has 0 aliphatic carbocycles. The van der Waals surface area contributed by atoms with Crippen molar-refractivity contribution < 1.29 is 9.53 Å². The van der Waals surface area contributed by atoms with Crippen molar-refractivity contribution in [2.45, 2.75) is 19.9 Å². The van der Waals surface area contributed by atoms with E-state index in [1.165, 1.54) is 11.3 Å². The van der Waals surface area contributed by atoms with Crippen LogP contribution in [0.15, 0.2) is 17.9 Å². The molecule has 19 heavy (non-hydrogen) atoms. The van der Waals surface area contributed by atoms with E-state index in [-0.39, 0.29) is 5.97 Å². The van der Waals surface area contributed by atoms with Crippen LogP contribution in [0.25, 0.3) is 0 Å². The molecule has 2 aromatic rings. The van der Waals surface area contributed by atoms with Crippen molar-refractivity contribution in [1.29, 1.82) is 0 Å². The number of carbonyl (C=O) groups excluding carboxylic acids is 1. The van der Waals surface area contributed by atoms with E-state index in [0.717, 1.165) is 24.5 Å². The van der Waals surface area contributed by atoms with E-state index >= 15 is 0 Å². The summed E-state index contributed by atoms with van der Waals surface area (Å²) < 4.78 is 6.70. The zero-order valence-corrected chi connectivity index (χ0v) is 11.4. The Morgan fingerprint density at radius 3 is 3.21 bits per heavy atom. The lowest BCUT2D eigenvalue weighted by molar-refractivity contribution is 0.0521. The topological polar surface area (TPSA) is 81.9 Å². The summed E-state index contributed by atoms with van der Waals surface area (Å²) in [4.78, 5) is 15.6. The van der Waals surface area contributed by atoms with Gasteiger partial charge in [-0.3, -0.25) is 4.68 Å². The number of nitrogens with one attached hydrogen (secondary N) is 1. The number of aryl methyl sites for hydroxylation is 1. The van der Waals surface area contributed by atoms with E-state index in [4.69, 9.17) is 4.74 Å². The summed E-state index contributed by atoms with van der Waals surface area (Å²) in [5.41, 5.74) is 1.99. The molecule has 0 aliphatic rings. The van der Waals surface area contributed by atoms with Gasteiger partial charge >= 0.3 is 5.97 Å². The Morgan fingerprint density at radius 1 is 1.58 bits per heavy atom. The highest BCUT2D eigenvalue weighted by Crippen LogP contribution is 2.20. The maximum atomic E-state index is 11.6. The van der Waals surface area contributed by atoms with E-state index in [2.05, 4.69) is 20.6 Å². The van der Waals surface area contributed by atoms with E-state index < -0.39 is 0 Å². The molecule has 0 atom stereocenters. The largest absolute Gasteiger partial charge is 0.461 e. The number of ether oxygens (including phenoxy) is 1. The van der Waals surface area contributed by atoms with E-state index in [9.17, 15) is 4.79 Å². The SMILES string of the molecule is CCOC(=O)c1ncsc1NCCCn1ccnn1. The number of esters is 1. The zero-order valence-electron chi connectivity index (χ0n) is 10.6. The molecule has 0 unspecified atom stereocenters. The van der Waals surface area contributed by atoms with Crippen LogP contribution in [0, 0.1) is 0 Å². The van der Waals surface area contributed by atoms with Gasteiger partial charge in [0.05, 0.1) is 18.3 Å². The minimum absolute atomic E-state index is 0.349. The van der Waals surface area contributed by atoms with Gasteiger partial charge in [0.25, 0.3) is 0 Å². The standard InChI is InChI=1S/C11H15N5O2S/c1-2-18-11(17)9-10(19-8-13-9)12-4-3-6-16-7-5-14-15-16/h5,7-8,12H,2-4,6H2,1H3. The van der Waals surface area contributed by atoms with Crippen molar-refractivity contribution in [3.05, 3.63) is 23.6 Å². The van der Waals surface area contributed by atoms with Crippen molar-refractivity contribution >= 4 is 22.3 Å². The van der Waals surface area contributed by atoms with Crippen LogP contribution in [0.4, 0.5) is 5.00 Å². The van der Waals surface area contributed by atoms with Crippen LogP contribution in [0.2, 0.25) is 0 Å². The van der Waals surface area contributed by atoms with Crippen LogP contribution < -0.4 is 5.32 Å². The molecule has 0 amide bonds. The minimum Gasteiger partial charge on any atom is -0.461 e. The number of aromatic nitrogens is 4. The van der Waals surface area contributed by atoms with Crippen LogP contribution >= 0.6 is 11.3 Å². The molecule has 0 bridgehead atoms. The highest BCUT2D eigenvalue weighted by molar-refractivity contribution is 7.14. The molecule has 1 N–H and O–H groups in total. The Kier molecular flexibility index (Phi) is 4.85. The number of anilines is 1. The van der Waals surface area contributed by atoms with Gasteiger partial charge in [0.15, 0.2) is 5.69 Å². The highest BCUT2D eigenvalue weighted by atomic mass is 32.1. The fourth-order valence-electron chi connectivity index (χ4n) is 1.51. The molecule has 0 radical (unpaired) electrons. The molecule has 7 nitrogen and oxygen atoms in total. The molecule has 2 aromatic heterocycles. The van der Waals surface area contributed by atoms with Gasteiger partial charge in [-0.2, -0.15) is 0 Å². The third-order valence-corrected chi connectivity index (χ3v) is 3.14. The fraction of sp³-hybridized carbons (Fsp3) is 0.455. The Bertz CT molecular complexity index is 511. The van der Waals surface area contributed by atoms with Gasteiger partial charge in [0.1, 0.15) is 5.00 Å². The van der Waals surface area contributed by atoms with Crippen LogP contribution in [0.3, 0.4) is 0 Å². The van der Waals surface area contributed by atoms with Gasteiger partial charge in [-0.25, -0.2) is 9.78 Å². The van der Waals surface area contributed by atoms with Crippen LogP contribution in [-0.2, 0) is 11.3 Å². The molecule has 2 rings (SSSR count). The molecular formula is C11H15N5O2S. The minimum atomic E-state index is -0.387. The molecular weight excluding hydrogens is 266 g/mol. The Labute approximate surface area is 114 Å². The molecule has 0 spiro atoms. The van der Waals surface area contributed by atoms with Crippen molar-refractivity contribution in [3.63, 3.8) is 0 Å². The first-order valence-corrected chi connectivity index (χ1v) is 6.87. The quantitative estimate of drug-likeness (QED) is 0.610. The number of nitrogens with zero attached hydrogens (tertiary/aromatic N) is 4. The van der Waals surface area contributed by atoms with E-state index in [1.807, 2.05) is 6.20 Å². The zero-order chi connectivity index (χ0) is 13.5. The monoisotopic (exact) mass is 281 g/mol. The number of hydrogen-bond acceptors (Lipinski definition) is 7. The predicted molar refractivity (Wildman–Crippen MR) is 71.2 cm³/mol. The molecule has 0 aromatic carbocycles. The summed E-state index contributed by atoms with van der Waals surface area (Å²) in [5, 5.41) is 11.5. The summed E-state index contributed by atoms with van der Waals surface area (Å²) in [5.74, 6) is -0.387. The Morgan fingerprint density at radius 2 is 2.47 bits per heavy atom. The van der Waals surface area contributed by atoms with E-state index in [0.29, 0.717) is 12.3 Å². The van der Waals surface area contributed by atoms with Crippen LogP contribution in [-0.4, -0.2) is 39.1 Å². The van der Waals surface area contributed by atoms with E-state index in [1.54, 1.807) is 23.3 Å². The molecule has 0 saturated heterocycles. The van der Waals surface area contributed by atoms with Crippen molar-refractivity contribution in [2.24, 2.45) is 0 Å². The lowest BCUT2D eigenvalue weighted by atomic mass is 10.4. The lowest BCUT2D eigenvalue weighted by Crippen LogP contribution is -2.11. The third kappa shape index (κ3) is 3.75. The van der Waals surface area contributed by atoms with Crippen molar-refractivity contribution in [2.75, 3.05) is 18.5 Å². The van der Waals surface area contributed by atoms with Gasteiger partial charge in [0.2, 0.25) is 0 Å². The van der Waals surface area contributed by atoms with Gasteiger partial charge in [-0.1, -0.05) is 5.21 Å². The van der Waals surface area contributed by atoms with Crippen molar-refractivity contribution in [1.82, 2.24) is 20.0 Å². The van der Waals surface area contributed by atoms with Crippen LogP contribution in [0.5, 0.6) is 0 Å². The highest BCUT2D eigenvalue weighted by Gasteiger charge is 2.15. The summed E-state index contributed by atoms with van der Waals surface area (Å²) in [6.07, 6.45) is 4.34. The average molecular weight is 281 g/mol. The second-order valence-corrected chi connectivity index (χ2v) is 4.55. The van der Waals surface area contributed by atoms with Gasteiger partial charge in [0, 0.05) is 19.3 Å². The second kappa shape index (κ2) is 6.83. The Hall–Kier alpha value is -1.96. The second-order valence-electron chi connectivity index (χ2n) is 3.70.